The van der Waals surface area contributed by atoms with Crippen molar-refractivity contribution < 1.29 is 4.79 Å². The third-order valence-electron chi connectivity index (χ3n) is 3.10. The van der Waals surface area contributed by atoms with Gasteiger partial charge in [0, 0.05) is 38.4 Å². The molecule has 2 N–H and O–H groups in total. The van der Waals surface area contributed by atoms with E-state index in [2.05, 4.69) is 15.6 Å². The first-order valence-electron chi connectivity index (χ1n) is 6.32. The average Bonchev–Trinajstić information content (AvgIpc) is 2.40. The number of aromatic nitrogens is 1. The largest absolute Gasteiger partial charge is 0.363 e. The Balaban J connectivity index is 0.00000180. The summed E-state index contributed by atoms with van der Waals surface area (Å²) in [7, 11) is 3.82. The van der Waals surface area contributed by atoms with Crippen LogP contribution in [0.4, 0.5) is 5.82 Å². The molecule has 1 aliphatic heterocycles. The highest BCUT2D eigenvalue weighted by atomic mass is 35.5. The van der Waals surface area contributed by atoms with Crippen molar-refractivity contribution in [2.75, 3.05) is 32.1 Å². The van der Waals surface area contributed by atoms with Crippen LogP contribution in [0.1, 0.15) is 23.2 Å². The molecule has 1 amide bonds. The van der Waals surface area contributed by atoms with Gasteiger partial charge in [-0.15, -0.1) is 24.8 Å². The second-order valence-corrected chi connectivity index (χ2v) is 4.81. The van der Waals surface area contributed by atoms with Crippen molar-refractivity contribution in [3.05, 3.63) is 23.9 Å². The molecule has 0 spiro atoms. The molecule has 0 saturated carbocycles. The monoisotopic (exact) mass is 320 g/mol. The van der Waals surface area contributed by atoms with Gasteiger partial charge in [0.1, 0.15) is 5.82 Å². The summed E-state index contributed by atoms with van der Waals surface area (Å²) in [6.07, 6.45) is 3.83. The van der Waals surface area contributed by atoms with Crippen molar-refractivity contribution in [3.8, 4) is 0 Å². The number of carbonyl (C=O) groups is 1. The van der Waals surface area contributed by atoms with Crippen molar-refractivity contribution in [2.24, 2.45) is 0 Å². The summed E-state index contributed by atoms with van der Waals surface area (Å²) >= 11 is 0. The van der Waals surface area contributed by atoms with Crippen LogP contribution in [0.5, 0.6) is 0 Å². The number of hydrogen-bond acceptors (Lipinski definition) is 4. The van der Waals surface area contributed by atoms with Crippen LogP contribution in [0.25, 0.3) is 0 Å². The van der Waals surface area contributed by atoms with E-state index in [0.29, 0.717) is 5.56 Å². The lowest BCUT2D eigenvalue weighted by Crippen LogP contribution is -2.45. The quantitative estimate of drug-likeness (QED) is 0.885. The third-order valence-corrected chi connectivity index (χ3v) is 3.10. The molecule has 0 aromatic carbocycles. The highest BCUT2D eigenvalue weighted by molar-refractivity contribution is 5.95. The van der Waals surface area contributed by atoms with Crippen LogP contribution < -0.4 is 15.5 Å². The summed E-state index contributed by atoms with van der Waals surface area (Å²) in [5, 5.41) is 6.34. The number of carbonyl (C=O) groups excluding carboxylic acids is 1. The number of pyridine rings is 1. The lowest BCUT2D eigenvalue weighted by atomic mass is 10.1. The Kier molecular flexibility index (Phi) is 8.53. The number of rotatable bonds is 3. The highest BCUT2D eigenvalue weighted by Gasteiger charge is 2.16. The fourth-order valence-corrected chi connectivity index (χ4v) is 2.05. The fraction of sp³-hybridized carbons (Fsp3) is 0.538. The second-order valence-electron chi connectivity index (χ2n) is 4.81. The molecule has 2 heterocycles. The highest BCUT2D eigenvalue weighted by Crippen LogP contribution is 2.10. The SMILES string of the molecule is CN(C)c1cc(C(=O)N[C@H]2CCCNC2)ccn1.Cl.Cl. The van der Waals surface area contributed by atoms with E-state index in [1.807, 2.05) is 25.1 Å². The predicted molar refractivity (Wildman–Crippen MR) is 86.4 cm³/mol. The summed E-state index contributed by atoms with van der Waals surface area (Å²) in [6, 6.07) is 3.80. The second kappa shape index (κ2) is 9.00. The Labute approximate surface area is 132 Å². The molecule has 1 aromatic heterocycles. The van der Waals surface area contributed by atoms with Gasteiger partial charge in [-0.1, -0.05) is 0 Å². The van der Waals surface area contributed by atoms with Crippen LogP contribution >= 0.6 is 24.8 Å². The van der Waals surface area contributed by atoms with Gasteiger partial charge in [0.05, 0.1) is 0 Å². The van der Waals surface area contributed by atoms with E-state index in [9.17, 15) is 4.79 Å². The molecule has 7 heteroatoms. The molecule has 1 saturated heterocycles. The number of amides is 1. The number of halogens is 2. The number of nitrogens with zero attached hydrogens (tertiary/aromatic N) is 2. The Hall–Kier alpha value is -1.04. The van der Waals surface area contributed by atoms with Gasteiger partial charge in [0.15, 0.2) is 0 Å². The van der Waals surface area contributed by atoms with Crippen LogP contribution in [0.2, 0.25) is 0 Å². The van der Waals surface area contributed by atoms with E-state index >= 15 is 0 Å². The molecule has 1 fully saturated rings. The topological polar surface area (TPSA) is 57.3 Å². The molecule has 20 heavy (non-hydrogen) atoms. The summed E-state index contributed by atoms with van der Waals surface area (Å²) in [5.74, 6) is 0.776. The molecule has 1 aliphatic rings. The molecule has 0 radical (unpaired) electrons. The molecule has 0 unspecified atom stereocenters. The lowest BCUT2D eigenvalue weighted by Gasteiger charge is -2.24. The third kappa shape index (κ3) is 5.15. The van der Waals surface area contributed by atoms with Gasteiger partial charge in [-0.3, -0.25) is 4.79 Å². The van der Waals surface area contributed by atoms with Gasteiger partial charge >= 0.3 is 0 Å². The maximum absolute atomic E-state index is 12.1. The van der Waals surface area contributed by atoms with Gasteiger partial charge < -0.3 is 15.5 Å². The average molecular weight is 321 g/mol. The number of nitrogens with one attached hydrogen (secondary N) is 2. The first-order chi connectivity index (χ1) is 8.66. The van der Waals surface area contributed by atoms with Crippen LogP contribution in [-0.2, 0) is 0 Å². The number of piperidine rings is 1. The van der Waals surface area contributed by atoms with Gasteiger partial charge in [-0.05, 0) is 31.5 Å². The van der Waals surface area contributed by atoms with Crippen molar-refractivity contribution in [1.29, 1.82) is 0 Å². The van der Waals surface area contributed by atoms with E-state index in [1.54, 1.807) is 12.3 Å². The van der Waals surface area contributed by atoms with E-state index in [1.165, 1.54) is 0 Å². The molecule has 0 bridgehead atoms. The van der Waals surface area contributed by atoms with Crippen LogP contribution in [0.3, 0.4) is 0 Å². The summed E-state index contributed by atoms with van der Waals surface area (Å²) < 4.78 is 0. The first kappa shape index (κ1) is 19.0. The molecule has 1 atom stereocenters. The number of anilines is 1. The predicted octanol–water partition coefficient (Wildman–Crippen LogP) is 1.47. The standard InChI is InChI=1S/C13H20N4O.2ClH/c1-17(2)12-8-10(5-7-15-12)13(18)16-11-4-3-6-14-9-11;;/h5,7-8,11,14H,3-4,6,9H2,1-2H3,(H,16,18);2*1H/t11-;;/m0../s1. The summed E-state index contributed by atoms with van der Waals surface area (Å²) in [6.45, 7) is 1.91. The minimum atomic E-state index is -0.0193. The van der Waals surface area contributed by atoms with Crippen LogP contribution in [-0.4, -0.2) is 44.1 Å². The maximum atomic E-state index is 12.1. The molecule has 114 valence electrons. The van der Waals surface area contributed by atoms with E-state index in [0.717, 1.165) is 31.7 Å². The number of hydrogen-bond donors (Lipinski definition) is 2. The summed E-state index contributed by atoms with van der Waals surface area (Å²) in [4.78, 5) is 18.2. The molecule has 0 aliphatic carbocycles. The van der Waals surface area contributed by atoms with Gasteiger partial charge in [-0.2, -0.15) is 0 Å². The van der Waals surface area contributed by atoms with Crippen molar-refractivity contribution in [1.82, 2.24) is 15.6 Å². The minimum Gasteiger partial charge on any atom is -0.363 e. The van der Waals surface area contributed by atoms with Crippen molar-refractivity contribution in [3.63, 3.8) is 0 Å². The molecule has 2 rings (SSSR count). The zero-order valence-corrected chi connectivity index (χ0v) is 13.4. The molecular weight excluding hydrogens is 299 g/mol. The van der Waals surface area contributed by atoms with E-state index in [4.69, 9.17) is 0 Å². The Morgan fingerprint density at radius 2 is 2.20 bits per heavy atom. The van der Waals surface area contributed by atoms with Crippen molar-refractivity contribution >= 4 is 36.5 Å². The van der Waals surface area contributed by atoms with E-state index < -0.39 is 0 Å². The Bertz CT molecular complexity index is 423. The van der Waals surface area contributed by atoms with Gasteiger partial charge in [0.2, 0.25) is 0 Å². The van der Waals surface area contributed by atoms with Crippen molar-refractivity contribution in [2.45, 2.75) is 18.9 Å². The van der Waals surface area contributed by atoms with Gasteiger partial charge in [0.25, 0.3) is 5.91 Å². The van der Waals surface area contributed by atoms with Gasteiger partial charge in [-0.25, -0.2) is 4.98 Å². The minimum absolute atomic E-state index is 0. The smallest absolute Gasteiger partial charge is 0.251 e. The molecule has 1 aromatic rings. The fourth-order valence-electron chi connectivity index (χ4n) is 2.05. The van der Waals surface area contributed by atoms with Crippen LogP contribution in [0, 0.1) is 0 Å². The first-order valence-corrected chi connectivity index (χ1v) is 6.32. The normalized spacial score (nSPS) is 17.4. The van der Waals surface area contributed by atoms with E-state index in [-0.39, 0.29) is 36.8 Å². The molecular formula is C13H22Cl2N4O. The lowest BCUT2D eigenvalue weighted by molar-refractivity contribution is 0.0930. The molecule has 5 nitrogen and oxygen atoms in total. The zero-order chi connectivity index (χ0) is 13.0. The Morgan fingerprint density at radius 1 is 1.45 bits per heavy atom. The zero-order valence-electron chi connectivity index (χ0n) is 11.8. The Morgan fingerprint density at radius 3 is 2.80 bits per heavy atom. The van der Waals surface area contributed by atoms with Crippen LogP contribution in [0.15, 0.2) is 18.3 Å². The summed E-state index contributed by atoms with van der Waals surface area (Å²) in [5.41, 5.74) is 0.666. The maximum Gasteiger partial charge on any atom is 0.251 e.